The van der Waals surface area contributed by atoms with E-state index in [2.05, 4.69) is 13.0 Å². The van der Waals surface area contributed by atoms with Crippen LogP contribution in [0.4, 0.5) is 0 Å². The van der Waals surface area contributed by atoms with Gasteiger partial charge in [0, 0.05) is 6.04 Å². The van der Waals surface area contributed by atoms with Gasteiger partial charge in [0.25, 0.3) is 0 Å². The van der Waals surface area contributed by atoms with Crippen molar-refractivity contribution in [3.8, 4) is 17.2 Å². The predicted octanol–water partition coefficient (Wildman–Crippen LogP) is 3.94. The summed E-state index contributed by atoms with van der Waals surface area (Å²) in [5.41, 5.74) is 7.16. The van der Waals surface area contributed by atoms with Crippen LogP contribution in [0.15, 0.2) is 12.1 Å². The molecule has 1 atom stereocenters. The molecule has 1 aromatic carbocycles. The van der Waals surface area contributed by atoms with E-state index in [1.165, 1.54) is 0 Å². The highest BCUT2D eigenvalue weighted by Crippen LogP contribution is 2.41. The van der Waals surface area contributed by atoms with E-state index in [4.69, 9.17) is 19.9 Å². The van der Waals surface area contributed by atoms with E-state index in [0.717, 1.165) is 48.5 Å². The van der Waals surface area contributed by atoms with Gasteiger partial charge < -0.3 is 19.9 Å². The highest BCUT2D eigenvalue weighted by Gasteiger charge is 2.17. The number of hydrogen-bond donors (Lipinski definition) is 1. The zero-order valence-electron chi connectivity index (χ0n) is 14.5. The van der Waals surface area contributed by atoms with Crippen molar-refractivity contribution in [3.05, 3.63) is 17.7 Å². The average Bonchev–Trinajstić information content (AvgIpc) is 2.52. The molecule has 0 aliphatic carbocycles. The first-order valence-electron chi connectivity index (χ1n) is 8.47. The molecule has 0 aliphatic heterocycles. The molecular formula is C18H31NO3. The van der Waals surface area contributed by atoms with Crippen LogP contribution in [-0.4, -0.2) is 25.9 Å². The molecule has 2 N–H and O–H groups in total. The standard InChI is InChI=1S/C18H31NO3/c1-5-15(19)11-9-10-14-12-13-16(20-6-2)18(22-8-4)17(14)21-7-3/h12-13,15H,5-11,19H2,1-4H3. The summed E-state index contributed by atoms with van der Waals surface area (Å²) in [6.07, 6.45) is 4.04. The van der Waals surface area contributed by atoms with Crippen molar-refractivity contribution < 1.29 is 14.2 Å². The maximum Gasteiger partial charge on any atom is 0.203 e. The molecule has 22 heavy (non-hydrogen) atoms. The normalized spacial score (nSPS) is 12.0. The van der Waals surface area contributed by atoms with E-state index in [1.54, 1.807) is 0 Å². The third kappa shape index (κ3) is 5.41. The van der Waals surface area contributed by atoms with Gasteiger partial charge in [-0.3, -0.25) is 0 Å². The lowest BCUT2D eigenvalue weighted by Crippen LogP contribution is -2.18. The highest BCUT2D eigenvalue weighted by atomic mass is 16.5. The monoisotopic (exact) mass is 309 g/mol. The molecule has 1 rings (SSSR count). The number of ether oxygens (including phenoxy) is 3. The van der Waals surface area contributed by atoms with Crippen LogP contribution in [0.25, 0.3) is 0 Å². The molecule has 1 aromatic rings. The lowest BCUT2D eigenvalue weighted by molar-refractivity contribution is 0.259. The predicted molar refractivity (Wildman–Crippen MR) is 91.2 cm³/mol. The van der Waals surface area contributed by atoms with Gasteiger partial charge in [0.2, 0.25) is 5.75 Å². The minimum absolute atomic E-state index is 0.282. The van der Waals surface area contributed by atoms with Gasteiger partial charge in [-0.05, 0) is 58.1 Å². The largest absolute Gasteiger partial charge is 0.490 e. The zero-order chi connectivity index (χ0) is 16.4. The van der Waals surface area contributed by atoms with E-state index in [9.17, 15) is 0 Å². The first-order chi connectivity index (χ1) is 10.7. The molecule has 0 saturated carbocycles. The van der Waals surface area contributed by atoms with Gasteiger partial charge in [0.15, 0.2) is 11.5 Å². The fourth-order valence-corrected chi connectivity index (χ4v) is 2.39. The van der Waals surface area contributed by atoms with E-state index < -0.39 is 0 Å². The molecule has 0 fully saturated rings. The fourth-order valence-electron chi connectivity index (χ4n) is 2.39. The van der Waals surface area contributed by atoms with E-state index in [1.807, 2.05) is 26.8 Å². The number of rotatable bonds is 11. The minimum atomic E-state index is 0.282. The Morgan fingerprint density at radius 3 is 2.14 bits per heavy atom. The summed E-state index contributed by atoms with van der Waals surface area (Å²) in [4.78, 5) is 0. The Kier molecular flexibility index (Phi) is 8.75. The van der Waals surface area contributed by atoms with Crippen molar-refractivity contribution in [2.75, 3.05) is 19.8 Å². The lowest BCUT2D eigenvalue weighted by atomic mass is 10.0. The lowest BCUT2D eigenvalue weighted by Gasteiger charge is -2.19. The van der Waals surface area contributed by atoms with Crippen molar-refractivity contribution >= 4 is 0 Å². The first-order valence-corrected chi connectivity index (χ1v) is 8.47. The first kappa shape index (κ1) is 18.6. The van der Waals surface area contributed by atoms with Crippen LogP contribution in [0.5, 0.6) is 17.2 Å². The second kappa shape index (κ2) is 10.3. The molecule has 0 aliphatic rings. The van der Waals surface area contributed by atoms with Gasteiger partial charge in [-0.1, -0.05) is 13.0 Å². The molecule has 0 heterocycles. The molecule has 0 saturated heterocycles. The Bertz CT molecular complexity index is 435. The Morgan fingerprint density at radius 1 is 0.909 bits per heavy atom. The van der Waals surface area contributed by atoms with Crippen LogP contribution >= 0.6 is 0 Å². The SMILES string of the molecule is CCOc1ccc(CCCC(N)CC)c(OCC)c1OCC. The number of aryl methyl sites for hydroxylation is 1. The Balaban J connectivity index is 2.96. The summed E-state index contributed by atoms with van der Waals surface area (Å²) in [6, 6.07) is 4.34. The van der Waals surface area contributed by atoms with E-state index in [-0.39, 0.29) is 6.04 Å². The van der Waals surface area contributed by atoms with Crippen molar-refractivity contribution in [2.24, 2.45) is 5.73 Å². The summed E-state index contributed by atoms with van der Waals surface area (Å²) in [7, 11) is 0. The molecule has 0 aromatic heterocycles. The van der Waals surface area contributed by atoms with Crippen LogP contribution in [-0.2, 0) is 6.42 Å². The quantitative estimate of drug-likeness (QED) is 0.672. The van der Waals surface area contributed by atoms with Crippen molar-refractivity contribution in [1.82, 2.24) is 0 Å². The van der Waals surface area contributed by atoms with Crippen LogP contribution < -0.4 is 19.9 Å². The Hall–Kier alpha value is -1.42. The van der Waals surface area contributed by atoms with Gasteiger partial charge in [0.05, 0.1) is 19.8 Å². The molecule has 0 amide bonds. The molecule has 4 nitrogen and oxygen atoms in total. The van der Waals surface area contributed by atoms with Crippen molar-refractivity contribution in [2.45, 2.75) is 59.4 Å². The molecule has 1 unspecified atom stereocenters. The van der Waals surface area contributed by atoms with Crippen LogP contribution in [0.2, 0.25) is 0 Å². The highest BCUT2D eigenvalue weighted by molar-refractivity contribution is 5.56. The van der Waals surface area contributed by atoms with Crippen LogP contribution in [0.3, 0.4) is 0 Å². The summed E-state index contributed by atoms with van der Waals surface area (Å²) < 4.78 is 17.3. The zero-order valence-corrected chi connectivity index (χ0v) is 14.5. The number of nitrogens with two attached hydrogens (primary N) is 1. The Morgan fingerprint density at radius 2 is 1.55 bits per heavy atom. The van der Waals surface area contributed by atoms with Crippen molar-refractivity contribution in [1.29, 1.82) is 0 Å². The summed E-state index contributed by atoms with van der Waals surface area (Å²) in [5, 5.41) is 0. The maximum absolute atomic E-state index is 6.00. The van der Waals surface area contributed by atoms with Crippen LogP contribution in [0, 0.1) is 0 Å². The summed E-state index contributed by atoms with van der Waals surface area (Å²) >= 11 is 0. The average molecular weight is 309 g/mol. The van der Waals surface area contributed by atoms with E-state index in [0.29, 0.717) is 19.8 Å². The summed E-state index contributed by atoms with van der Waals surface area (Å²) in [6.45, 7) is 9.85. The van der Waals surface area contributed by atoms with E-state index >= 15 is 0 Å². The van der Waals surface area contributed by atoms with Crippen LogP contribution in [0.1, 0.15) is 52.5 Å². The smallest absolute Gasteiger partial charge is 0.203 e. The molecule has 126 valence electrons. The Labute approximate surface area is 134 Å². The third-order valence-corrected chi connectivity index (χ3v) is 3.58. The second-order valence-electron chi connectivity index (χ2n) is 5.24. The number of hydrogen-bond acceptors (Lipinski definition) is 4. The molecule has 4 heteroatoms. The molecule has 0 bridgehead atoms. The van der Waals surface area contributed by atoms with Gasteiger partial charge in [-0.2, -0.15) is 0 Å². The summed E-state index contributed by atoms with van der Waals surface area (Å²) in [5.74, 6) is 2.30. The fraction of sp³-hybridized carbons (Fsp3) is 0.667. The topological polar surface area (TPSA) is 53.7 Å². The molecule has 0 radical (unpaired) electrons. The molecule has 0 spiro atoms. The second-order valence-corrected chi connectivity index (χ2v) is 5.24. The van der Waals surface area contributed by atoms with Crippen molar-refractivity contribution in [3.63, 3.8) is 0 Å². The minimum Gasteiger partial charge on any atom is -0.490 e. The van der Waals surface area contributed by atoms with Gasteiger partial charge in [-0.25, -0.2) is 0 Å². The van der Waals surface area contributed by atoms with Gasteiger partial charge >= 0.3 is 0 Å². The molecular weight excluding hydrogens is 278 g/mol. The number of benzene rings is 1. The maximum atomic E-state index is 6.00. The third-order valence-electron chi connectivity index (χ3n) is 3.58. The van der Waals surface area contributed by atoms with Gasteiger partial charge in [0.1, 0.15) is 0 Å². The van der Waals surface area contributed by atoms with Gasteiger partial charge in [-0.15, -0.1) is 0 Å².